The summed E-state index contributed by atoms with van der Waals surface area (Å²) < 4.78 is 10.3. The van der Waals surface area contributed by atoms with E-state index in [4.69, 9.17) is 9.47 Å². The van der Waals surface area contributed by atoms with Crippen LogP contribution < -0.4 is 4.74 Å². The van der Waals surface area contributed by atoms with Crippen LogP contribution in [-0.2, 0) is 16.1 Å². The standard InChI is InChI=1S/C15H21NO4/c1-11(17)20-13-4-3-7-16(10-13)9-12-5-6-15(19-2)14(18)8-12/h5-6,8,13,18H,3-4,7,9-10H2,1-2H3. The first-order valence-electron chi connectivity index (χ1n) is 6.84. The lowest BCUT2D eigenvalue weighted by atomic mass is 10.1. The average molecular weight is 279 g/mol. The van der Waals surface area contributed by atoms with Crippen molar-refractivity contribution in [2.45, 2.75) is 32.4 Å². The first-order chi connectivity index (χ1) is 9.58. The van der Waals surface area contributed by atoms with Gasteiger partial charge < -0.3 is 14.6 Å². The van der Waals surface area contributed by atoms with Crippen molar-refractivity contribution in [2.24, 2.45) is 0 Å². The second-order valence-electron chi connectivity index (χ2n) is 5.11. The van der Waals surface area contributed by atoms with Crippen molar-refractivity contribution < 1.29 is 19.4 Å². The molecule has 1 aromatic carbocycles. The number of phenolic OH excluding ortho intramolecular Hbond substituents is 1. The third-order valence-electron chi connectivity index (χ3n) is 3.44. The van der Waals surface area contributed by atoms with Crippen molar-refractivity contribution in [1.82, 2.24) is 4.90 Å². The Hall–Kier alpha value is -1.75. The lowest BCUT2D eigenvalue weighted by Gasteiger charge is -2.32. The number of phenols is 1. The molecule has 1 atom stereocenters. The summed E-state index contributed by atoms with van der Waals surface area (Å²) in [7, 11) is 1.53. The molecule has 5 heteroatoms. The van der Waals surface area contributed by atoms with Crippen molar-refractivity contribution in [2.75, 3.05) is 20.2 Å². The molecule has 1 aliphatic rings. The molecule has 1 aliphatic heterocycles. The highest BCUT2D eigenvalue weighted by Gasteiger charge is 2.22. The van der Waals surface area contributed by atoms with Gasteiger partial charge in [-0.05, 0) is 37.1 Å². The van der Waals surface area contributed by atoms with Crippen LogP contribution in [0.1, 0.15) is 25.3 Å². The molecular weight excluding hydrogens is 258 g/mol. The Bertz CT molecular complexity index is 475. The zero-order valence-electron chi connectivity index (χ0n) is 12.0. The van der Waals surface area contributed by atoms with E-state index >= 15 is 0 Å². The van der Waals surface area contributed by atoms with Crippen LogP contribution >= 0.6 is 0 Å². The van der Waals surface area contributed by atoms with Gasteiger partial charge in [0.15, 0.2) is 11.5 Å². The molecule has 0 aromatic heterocycles. The fraction of sp³-hybridized carbons (Fsp3) is 0.533. The molecule has 20 heavy (non-hydrogen) atoms. The number of ether oxygens (including phenoxy) is 2. The highest BCUT2D eigenvalue weighted by Crippen LogP contribution is 2.27. The van der Waals surface area contributed by atoms with Gasteiger partial charge in [-0.1, -0.05) is 6.07 Å². The summed E-state index contributed by atoms with van der Waals surface area (Å²) >= 11 is 0. The smallest absolute Gasteiger partial charge is 0.302 e. The summed E-state index contributed by atoms with van der Waals surface area (Å²) in [5.41, 5.74) is 1.02. The molecule has 1 N–H and O–H groups in total. The van der Waals surface area contributed by atoms with E-state index in [0.29, 0.717) is 5.75 Å². The van der Waals surface area contributed by atoms with Crippen LogP contribution in [0.15, 0.2) is 18.2 Å². The van der Waals surface area contributed by atoms with Crippen molar-refractivity contribution in [1.29, 1.82) is 0 Å². The molecule has 0 aliphatic carbocycles. The Morgan fingerprint density at radius 2 is 2.30 bits per heavy atom. The topological polar surface area (TPSA) is 59.0 Å². The zero-order chi connectivity index (χ0) is 14.5. The summed E-state index contributed by atoms with van der Waals surface area (Å²) in [6.07, 6.45) is 1.91. The van der Waals surface area contributed by atoms with Crippen molar-refractivity contribution in [3.63, 3.8) is 0 Å². The highest BCUT2D eigenvalue weighted by molar-refractivity contribution is 5.66. The number of esters is 1. The van der Waals surface area contributed by atoms with Gasteiger partial charge in [-0.15, -0.1) is 0 Å². The third-order valence-corrected chi connectivity index (χ3v) is 3.44. The Morgan fingerprint density at radius 3 is 2.95 bits per heavy atom. The Morgan fingerprint density at radius 1 is 1.50 bits per heavy atom. The van der Waals surface area contributed by atoms with Crippen LogP contribution in [0.25, 0.3) is 0 Å². The van der Waals surface area contributed by atoms with Crippen molar-refractivity contribution >= 4 is 5.97 Å². The van der Waals surface area contributed by atoms with Gasteiger partial charge in [0, 0.05) is 20.0 Å². The predicted octanol–water partition coefficient (Wildman–Crippen LogP) is 1.93. The largest absolute Gasteiger partial charge is 0.504 e. The van der Waals surface area contributed by atoms with E-state index in [0.717, 1.165) is 38.0 Å². The second kappa shape index (κ2) is 6.61. The minimum atomic E-state index is -0.223. The molecule has 0 amide bonds. The van der Waals surface area contributed by atoms with Gasteiger partial charge in [0.05, 0.1) is 7.11 Å². The molecule has 1 fully saturated rings. The van der Waals surface area contributed by atoms with E-state index in [2.05, 4.69) is 4.90 Å². The maximum absolute atomic E-state index is 11.0. The maximum Gasteiger partial charge on any atom is 0.302 e. The number of hydrogen-bond acceptors (Lipinski definition) is 5. The Labute approximate surface area is 119 Å². The van der Waals surface area contributed by atoms with Crippen LogP contribution in [-0.4, -0.2) is 42.3 Å². The van der Waals surface area contributed by atoms with Gasteiger partial charge in [0.25, 0.3) is 0 Å². The lowest BCUT2D eigenvalue weighted by Crippen LogP contribution is -2.39. The molecule has 1 heterocycles. The number of piperidine rings is 1. The fourth-order valence-electron chi connectivity index (χ4n) is 2.58. The molecule has 5 nitrogen and oxygen atoms in total. The maximum atomic E-state index is 11.0. The Balaban J connectivity index is 1.95. The monoisotopic (exact) mass is 279 g/mol. The molecule has 0 radical (unpaired) electrons. The minimum absolute atomic E-state index is 0.0203. The molecule has 1 unspecified atom stereocenters. The van der Waals surface area contributed by atoms with Crippen LogP contribution in [0.4, 0.5) is 0 Å². The van der Waals surface area contributed by atoms with E-state index < -0.39 is 0 Å². The summed E-state index contributed by atoms with van der Waals surface area (Å²) in [4.78, 5) is 13.2. The van der Waals surface area contributed by atoms with Crippen LogP contribution in [0.2, 0.25) is 0 Å². The number of benzene rings is 1. The van der Waals surface area contributed by atoms with Gasteiger partial charge in [0.2, 0.25) is 0 Å². The van der Waals surface area contributed by atoms with Gasteiger partial charge in [-0.25, -0.2) is 0 Å². The average Bonchev–Trinajstić information content (AvgIpc) is 2.38. The molecule has 1 aromatic rings. The Kier molecular flexibility index (Phi) is 4.84. The van der Waals surface area contributed by atoms with Gasteiger partial charge in [0.1, 0.15) is 6.10 Å². The number of carbonyl (C=O) groups is 1. The quantitative estimate of drug-likeness (QED) is 0.853. The lowest BCUT2D eigenvalue weighted by molar-refractivity contribution is -0.148. The van der Waals surface area contributed by atoms with Gasteiger partial charge in [-0.3, -0.25) is 9.69 Å². The number of nitrogens with zero attached hydrogens (tertiary/aromatic N) is 1. The van der Waals surface area contributed by atoms with Gasteiger partial charge >= 0.3 is 5.97 Å². The molecule has 2 rings (SSSR count). The van der Waals surface area contributed by atoms with Gasteiger partial charge in [-0.2, -0.15) is 0 Å². The molecule has 1 saturated heterocycles. The number of aromatic hydroxyl groups is 1. The molecule has 0 spiro atoms. The number of carbonyl (C=O) groups excluding carboxylic acids is 1. The minimum Gasteiger partial charge on any atom is -0.504 e. The van der Waals surface area contributed by atoms with E-state index in [9.17, 15) is 9.90 Å². The van der Waals surface area contributed by atoms with Crippen molar-refractivity contribution in [3.8, 4) is 11.5 Å². The number of rotatable bonds is 4. The van der Waals surface area contributed by atoms with E-state index in [-0.39, 0.29) is 17.8 Å². The third kappa shape index (κ3) is 3.87. The SMILES string of the molecule is COc1ccc(CN2CCCC(OC(C)=O)C2)cc1O. The molecular formula is C15H21NO4. The van der Waals surface area contributed by atoms with Crippen LogP contribution in [0.3, 0.4) is 0 Å². The highest BCUT2D eigenvalue weighted by atomic mass is 16.5. The van der Waals surface area contributed by atoms with Crippen LogP contribution in [0.5, 0.6) is 11.5 Å². The summed E-state index contributed by atoms with van der Waals surface area (Å²) in [6, 6.07) is 5.42. The van der Waals surface area contributed by atoms with E-state index in [1.54, 1.807) is 12.1 Å². The molecule has 110 valence electrons. The van der Waals surface area contributed by atoms with Crippen molar-refractivity contribution in [3.05, 3.63) is 23.8 Å². The first kappa shape index (κ1) is 14.7. The second-order valence-corrected chi connectivity index (χ2v) is 5.11. The number of likely N-dealkylation sites (tertiary alicyclic amines) is 1. The molecule has 0 saturated carbocycles. The van der Waals surface area contributed by atoms with Crippen LogP contribution in [0, 0.1) is 0 Å². The summed E-state index contributed by atoms with van der Waals surface area (Å²) in [6.45, 7) is 3.90. The first-order valence-corrected chi connectivity index (χ1v) is 6.84. The molecule has 0 bridgehead atoms. The summed E-state index contributed by atoms with van der Waals surface area (Å²) in [5.74, 6) is 0.405. The zero-order valence-corrected chi connectivity index (χ0v) is 12.0. The normalized spacial score (nSPS) is 19.6. The van der Waals surface area contributed by atoms with E-state index in [1.165, 1.54) is 14.0 Å². The summed E-state index contributed by atoms with van der Waals surface area (Å²) in [5, 5.41) is 9.78. The van der Waals surface area contributed by atoms with E-state index in [1.807, 2.05) is 6.07 Å². The number of methoxy groups -OCH3 is 1. The predicted molar refractivity (Wildman–Crippen MR) is 74.7 cm³/mol. The fourth-order valence-corrected chi connectivity index (χ4v) is 2.58. The number of hydrogen-bond donors (Lipinski definition) is 1.